The number of rotatable bonds is 5. The van der Waals surface area contributed by atoms with Crippen molar-refractivity contribution in [3.05, 3.63) is 28.2 Å². The van der Waals surface area contributed by atoms with Gasteiger partial charge in [0.15, 0.2) is 9.84 Å². The Bertz CT molecular complexity index is 541. The minimum atomic E-state index is -3.32. The average Bonchev–Trinajstić information content (AvgIpc) is 3.13. The van der Waals surface area contributed by atoms with Gasteiger partial charge in [-0.15, -0.1) is 0 Å². The fourth-order valence-corrected chi connectivity index (χ4v) is 4.00. The molecule has 1 atom stereocenters. The molecule has 0 aromatic heterocycles. The van der Waals surface area contributed by atoms with Crippen LogP contribution in [0, 0.1) is 5.92 Å². The molecule has 1 aromatic carbocycles. The summed E-state index contributed by atoms with van der Waals surface area (Å²) in [5, 5.41) is 3.71. The van der Waals surface area contributed by atoms with Crippen molar-refractivity contribution in [3.63, 3.8) is 0 Å². The number of hydrogen-bond acceptors (Lipinski definition) is 3. The van der Waals surface area contributed by atoms with Crippen molar-refractivity contribution < 1.29 is 8.42 Å². The maximum atomic E-state index is 12.3. The molecule has 1 aromatic rings. The first-order chi connectivity index (χ1) is 8.44. The Kier molecular flexibility index (Phi) is 4.22. The zero-order valence-corrected chi connectivity index (χ0v) is 12.3. The number of nitrogens with one attached hydrogen (secondary N) is 1. The van der Waals surface area contributed by atoms with Gasteiger partial charge in [-0.2, -0.15) is 0 Å². The lowest BCUT2D eigenvalue weighted by Gasteiger charge is -2.15. The van der Waals surface area contributed by atoms with E-state index in [0.717, 1.165) is 12.8 Å². The van der Waals surface area contributed by atoms with Gasteiger partial charge in [-0.3, -0.25) is 0 Å². The molecule has 6 heteroatoms. The van der Waals surface area contributed by atoms with Crippen LogP contribution in [-0.2, 0) is 9.84 Å². The molecule has 18 heavy (non-hydrogen) atoms. The largest absolute Gasteiger partial charge is 0.316 e. The van der Waals surface area contributed by atoms with Crippen LogP contribution in [-0.4, -0.2) is 27.3 Å². The molecule has 3 nitrogen and oxygen atoms in total. The van der Waals surface area contributed by atoms with Crippen molar-refractivity contribution in [2.45, 2.75) is 23.8 Å². The van der Waals surface area contributed by atoms with E-state index in [0.29, 0.717) is 10.9 Å². The van der Waals surface area contributed by atoms with E-state index in [-0.39, 0.29) is 21.7 Å². The van der Waals surface area contributed by atoms with Gasteiger partial charge in [-0.25, -0.2) is 8.42 Å². The maximum Gasteiger partial charge on any atom is 0.179 e. The molecule has 1 fully saturated rings. The lowest BCUT2D eigenvalue weighted by molar-refractivity contribution is 0.527. The highest BCUT2D eigenvalue weighted by Crippen LogP contribution is 2.34. The summed E-state index contributed by atoms with van der Waals surface area (Å²) in [7, 11) is -1.52. The molecule has 1 aliphatic rings. The molecule has 1 aliphatic carbocycles. The summed E-state index contributed by atoms with van der Waals surface area (Å²) in [4.78, 5) is 0.234. The van der Waals surface area contributed by atoms with Crippen molar-refractivity contribution in [1.82, 2.24) is 5.32 Å². The SMILES string of the molecule is CNC(CS(=O)(=O)c1ccc(Cl)c(Cl)c1)C1CC1. The van der Waals surface area contributed by atoms with Crippen molar-refractivity contribution in [3.8, 4) is 0 Å². The maximum absolute atomic E-state index is 12.3. The third-order valence-corrected chi connectivity index (χ3v) is 5.72. The predicted molar refractivity (Wildman–Crippen MR) is 74.1 cm³/mol. The molecule has 100 valence electrons. The molecule has 0 radical (unpaired) electrons. The van der Waals surface area contributed by atoms with E-state index in [1.807, 2.05) is 0 Å². The van der Waals surface area contributed by atoms with Crippen LogP contribution in [0.3, 0.4) is 0 Å². The van der Waals surface area contributed by atoms with Crippen LogP contribution in [0.4, 0.5) is 0 Å². The predicted octanol–water partition coefficient (Wildman–Crippen LogP) is 2.77. The van der Waals surface area contributed by atoms with Gasteiger partial charge in [0.1, 0.15) is 0 Å². The highest BCUT2D eigenvalue weighted by molar-refractivity contribution is 7.91. The Morgan fingerprint density at radius 2 is 2.00 bits per heavy atom. The van der Waals surface area contributed by atoms with Crippen LogP contribution in [0.2, 0.25) is 10.0 Å². The summed E-state index contributed by atoms with van der Waals surface area (Å²) in [5.74, 6) is 0.583. The first-order valence-corrected chi connectivity index (χ1v) is 8.20. The molecular weight excluding hydrogens is 293 g/mol. The van der Waals surface area contributed by atoms with E-state index in [9.17, 15) is 8.42 Å². The first kappa shape index (κ1) is 14.1. The summed E-state index contributed by atoms with van der Waals surface area (Å²) in [6, 6.07) is 4.45. The van der Waals surface area contributed by atoms with Crippen LogP contribution >= 0.6 is 23.2 Å². The molecule has 2 rings (SSSR count). The third-order valence-electron chi connectivity index (χ3n) is 3.21. The number of hydrogen-bond donors (Lipinski definition) is 1. The Labute approximate surface area is 117 Å². The monoisotopic (exact) mass is 307 g/mol. The van der Waals surface area contributed by atoms with Gasteiger partial charge in [0.25, 0.3) is 0 Å². The van der Waals surface area contributed by atoms with Gasteiger partial charge in [0.2, 0.25) is 0 Å². The topological polar surface area (TPSA) is 46.2 Å². The smallest absolute Gasteiger partial charge is 0.179 e. The molecule has 0 heterocycles. The molecule has 0 spiro atoms. The molecule has 1 unspecified atom stereocenters. The second-order valence-corrected chi connectivity index (χ2v) is 7.44. The Morgan fingerprint density at radius 1 is 1.33 bits per heavy atom. The average molecular weight is 308 g/mol. The molecular formula is C12H15Cl2NO2S. The minimum Gasteiger partial charge on any atom is -0.316 e. The molecule has 0 amide bonds. The molecule has 0 bridgehead atoms. The fourth-order valence-electron chi connectivity index (χ4n) is 1.96. The van der Waals surface area contributed by atoms with Crippen molar-refractivity contribution in [2.24, 2.45) is 5.92 Å². The van der Waals surface area contributed by atoms with Crippen molar-refractivity contribution >= 4 is 33.0 Å². The Hall–Kier alpha value is -0.290. The van der Waals surface area contributed by atoms with E-state index in [1.165, 1.54) is 18.2 Å². The van der Waals surface area contributed by atoms with Crippen LogP contribution < -0.4 is 5.32 Å². The van der Waals surface area contributed by atoms with E-state index < -0.39 is 9.84 Å². The second kappa shape index (κ2) is 5.37. The standard InChI is InChI=1S/C12H15Cl2NO2S/c1-15-12(8-2-3-8)7-18(16,17)9-4-5-10(13)11(14)6-9/h4-6,8,12,15H,2-3,7H2,1H3. The lowest BCUT2D eigenvalue weighted by Crippen LogP contribution is -2.34. The normalized spacial score (nSPS) is 17.7. The van der Waals surface area contributed by atoms with Crippen molar-refractivity contribution in [2.75, 3.05) is 12.8 Å². The summed E-state index contributed by atoms with van der Waals surface area (Å²) in [6.45, 7) is 0. The number of sulfone groups is 1. The van der Waals surface area contributed by atoms with Gasteiger partial charge < -0.3 is 5.32 Å². The summed E-state index contributed by atoms with van der Waals surface area (Å²) in [5.41, 5.74) is 0. The first-order valence-electron chi connectivity index (χ1n) is 5.79. The quantitative estimate of drug-likeness (QED) is 0.910. The van der Waals surface area contributed by atoms with Crippen LogP contribution in [0.15, 0.2) is 23.1 Å². The van der Waals surface area contributed by atoms with Gasteiger partial charge >= 0.3 is 0 Å². The molecule has 1 N–H and O–H groups in total. The summed E-state index contributed by atoms with van der Waals surface area (Å²) >= 11 is 11.6. The van der Waals surface area contributed by atoms with E-state index >= 15 is 0 Å². The molecule has 1 saturated carbocycles. The number of halogens is 2. The molecule has 0 aliphatic heterocycles. The van der Waals surface area contributed by atoms with E-state index in [1.54, 1.807) is 7.05 Å². The zero-order chi connectivity index (χ0) is 13.3. The van der Waals surface area contributed by atoms with Gasteiger partial charge in [0.05, 0.1) is 20.7 Å². The van der Waals surface area contributed by atoms with Crippen molar-refractivity contribution in [1.29, 1.82) is 0 Å². The lowest BCUT2D eigenvalue weighted by atomic mass is 10.2. The Balaban J connectivity index is 2.21. The van der Waals surface area contributed by atoms with Gasteiger partial charge in [-0.05, 0) is 44.0 Å². The van der Waals surface area contributed by atoms with Gasteiger partial charge in [-0.1, -0.05) is 23.2 Å². The molecule has 0 saturated heterocycles. The summed E-state index contributed by atoms with van der Waals surface area (Å²) in [6.07, 6.45) is 2.20. The van der Waals surface area contributed by atoms with E-state index in [2.05, 4.69) is 5.32 Å². The zero-order valence-electron chi connectivity index (χ0n) is 9.99. The van der Waals surface area contributed by atoms with Crippen LogP contribution in [0.1, 0.15) is 12.8 Å². The Morgan fingerprint density at radius 3 is 2.50 bits per heavy atom. The van der Waals surface area contributed by atoms with Gasteiger partial charge in [0, 0.05) is 6.04 Å². The second-order valence-electron chi connectivity index (χ2n) is 4.59. The van der Waals surface area contributed by atoms with E-state index in [4.69, 9.17) is 23.2 Å². The number of benzene rings is 1. The highest BCUT2D eigenvalue weighted by atomic mass is 35.5. The highest BCUT2D eigenvalue weighted by Gasteiger charge is 2.33. The third kappa shape index (κ3) is 3.18. The summed E-state index contributed by atoms with van der Waals surface area (Å²) < 4.78 is 24.5. The van der Waals surface area contributed by atoms with Crippen LogP contribution in [0.25, 0.3) is 0 Å². The fraction of sp³-hybridized carbons (Fsp3) is 0.500. The van der Waals surface area contributed by atoms with Crippen LogP contribution in [0.5, 0.6) is 0 Å². The minimum absolute atomic E-state index is 0.0180.